The predicted octanol–water partition coefficient (Wildman–Crippen LogP) is 3.86. The van der Waals surface area contributed by atoms with Gasteiger partial charge in [0.05, 0.1) is 10.7 Å². The molecule has 4 heteroatoms. The Morgan fingerprint density at radius 3 is 3.00 bits per heavy atom. The molecule has 2 rings (SSSR count). The van der Waals surface area contributed by atoms with Crippen LogP contribution in [0.2, 0.25) is 5.02 Å². The molecule has 1 aromatic heterocycles. The van der Waals surface area contributed by atoms with Crippen LogP contribution in [0.25, 0.3) is 10.1 Å². The van der Waals surface area contributed by atoms with E-state index in [0.29, 0.717) is 10.7 Å². The molecule has 0 radical (unpaired) electrons. The molecule has 0 fully saturated rings. The molecule has 13 heavy (non-hydrogen) atoms. The number of hydrogen-bond acceptors (Lipinski definition) is 3. The zero-order chi connectivity index (χ0) is 9.42. The molecule has 1 aromatic carbocycles. The minimum absolute atomic E-state index is 0.668. The van der Waals surface area contributed by atoms with Crippen molar-refractivity contribution in [2.45, 2.75) is 4.90 Å². The van der Waals surface area contributed by atoms with Crippen molar-refractivity contribution in [1.82, 2.24) is 0 Å². The van der Waals surface area contributed by atoms with Crippen LogP contribution >= 0.6 is 34.7 Å². The first-order valence-corrected chi connectivity index (χ1v) is 6.21. The molecule has 2 N–H and O–H groups in total. The number of anilines is 1. The highest BCUT2D eigenvalue weighted by atomic mass is 35.5. The molecule has 0 spiro atoms. The van der Waals surface area contributed by atoms with Gasteiger partial charge in [0, 0.05) is 15.0 Å². The summed E-state index contributed by atoms with van der Waals surface area (Å²) in [5.74, 6) is 0. The summed E-state index contributed by atoms with van der Waals surface area (Å²) in [5, 5.41) is 3.94. The van der Waals surface area contributed by atoms with E-state index >= 15 is 0 Å². The highest BCUT2D eigenvalue weighted by Gasteiger charge is 2.09. The van der Waals surface area contributed by atoms with Crippen LogP contribution in [0.15, 0.2) is 22.4 Å². The van der Waals surface area contributed by atoms with Gasteiger partial charge in [-0.15, -0.1) is 23.1 Å². The Morgan fingerprint density at radius 2 is 2.31 bits per heavy atom. The number of nitrogen functional groups attached to an aromatic ring is 1. The smallest absolute Gasteiger partial charge is 0.0778 e. The fourth-order valence-corrected chi connectivity index (χ4v) is 3.26. The third kappa shape index (κ3) is 1.41. The first-order chi connectivity index (χ1) is 6.24. The Bertz CT molecular complexity index is 450. The lowest BCUT2D eigenvalue weighted by Gasteiger charge is -2.05. The van der Waals surface area contributed by atoms with Crippen molar-refractivity contribution in [3.8, 4) is 0 Å². The lowest BCUT2D eigenvalue weighted by molar-refractivity contribution is 1.57. The summed E-state index contributed by atoms with van der Waals surface area (Å²) >= 11 is 9.41. The maximum Gasteiger partial charge on any atom is 0.0778 e. The summed E-state index contributed by atoms with van der Waals surface area (Å²) in [6.45, 7) is 0. The Kier molecular flexibility index (Phi) is 2.41. The van der Waals surface area contributed by atoms with Gasteiger partial charge in [-0.25, -0.2) is 0 Å². The molecule has 68 valence electrons. The number of halogens is 1. The maximum absolute atomic E-state index is 6.09. The summed E-state index contributed by atoms with van der Waals surface area (Å²) in [6, 6.07) is 4.01. The van der Waals surface area contributed by atoms with Gasteiger partial charge in [0.15, 0.2) is 0 Å². The van der Waals surface area contributed by atoms with Crippen molar-refractivity contribution in [3.63, 3.8) is 0 Å². The summed E-state index contributed by atoms with van der Waals surface area (Å²) in [6.07, 6.45) is 2.01. The molecule has 0 saturated heterocycles. The molecular weight excluding hydrogens is 222 g/mol. The van der Waals surface area contributed by atoms with Gasteiger partial charge in [0.25, 0.3) is 0 Å². The largest absolute Gasteiger partial charge is 0.397 e. The van der Waals surface area contributed by atoms with E-state index in [9.17, 15) is 0 Å². The van der Waals surface area contributed by atoms with Crippen molar-refractivity contribution >= 4 is 50.5 Å². The van der Waals surface area contributed by atoms with Crippen LogP contribution in [0.1, 0.15) is 0 Å². The fourth-order valence-electron chi connectivity index (χ4n) is 1.27. The average molecular weight is 230 g/mol. The predicted molar refractivity (Wildman–Crippen MR) is 63.0 cm³/mol. The molecule has 0 amide bonds. The molecule has 0 aliphatic rings. The molecule has 0 aliphatic heterocycles. The number of fused-ring (bicyclic) bond motifs is 1. The van der Waals surface area contributed by atoms with Gasteiger partial charge in [0.2, 0.25) is 0 Å². The van der Waals surface area contributed by atoms with Crippen molar-refractivity contribution < 1.29 is 0 Å². The molecule has 0 unspecified atom stereocenters. The molecule has 1 heterocycles. The van der Waals surface area contributed by atoms with Crippen LogP contribution in [-0.4, -0.2) is 6.26 Å². The monoisotopic (exact) mass is 229 g/mol. The Balaban J connectivity index is 2.87. The van der Waals surface area contributed by atoms with E-state index in [1.54, 1.807) is 23.1 Å². The van der Waals surface area contributed by atoms with Gasteiger partial charge in [-0.1, -0.05) is 11.6 Å². The highest BCUT2D eigenvalue weighted by Crippen LogP contribution is 2.39. The van der Waals surface area contributed by atoms with Crippen LogP contribution in [0, 0.1) is 0 Å². The Morgan fingerprint density at radius 1 is 1.54 bits per heavy atom. The first kappa shape index (κ1) is 9.19. The van der Waals surface area contributed by atoms with Crippen molar-refractivity contribution in [2.24, 2.45) is 0 Å². The first-order valence-electron chi connectivity index (χ1n) is 3.73. The number of benzene rings is 1. The van der Waals surface area contributed by atoms with Crippen LogP contribution in [0.3, 0.4) is 0 Å². The lowest BCUT2D eigenvalue weighted by atomic mass is 10.2. The second kappa shape index (κ2) is 3.40. The molecule has 2 aromatic rings. The standard InChI is InChI=1S/C9H8ClNS2/c1-12-9-5-2-3-13-7(5)4-6(11)8(9)10/h2-4H,11H2,1H3. The molecule has 0 atom stereocenters. The average Bonchev–Trinajstić information content (AvgIpc) is 2.54. The number of rotatable bonds is 1. The van der Waals surface area contributed by atoms with Crippen LogP contribution in [0.4, 0.5) is 5.69 Å². The van der Waals surface area contributed by atoms with Crippen molar-refractivity contribution in [3.05, 3.63) is 22.5 Å². The van der Waals surface area contributed by atoms with E-state index < -0.39 is 0 Å². The van der Waals surface area contributed by atoms with Crippen LogP contribution < -0.4 is 5.73 Å². The van der Waals surface area contributed by atoms with E-state index in [1.165, 1.54) is 10.1 Å². The summed E-state index contributed by atoms with van der Waals surface area (Å²) < 4.78 is 1.20. The second-order valence-electron chi connectivity index (χ2n) is 2.65. The summed E-state index contributed by atoms with van der Waals surface area (Å²) in [4.78, 5) is 1.08. The molecule has 0 aliphatic carbocycles. The maximum atomic E-state index is 6.09. The van der Waals surface area contributed by atoms with Crippen LogP contribution in [-0.2, 0) is 0 Å². The molecule has 1 nitrogen and oxygen atoms in total. The van der Waals surface area contributed by atoms with E-state index in [4.69, 9.17) is 17.3 Å². The molecule has 0 saturated carbocycles. The Labute approximate surface area is 89.9 Å². The number of thioether (sulfide) groups is 1. The number of thiophene rings is 1. The fraction of sp³-hybridized carbons (Fsp3) is 0.111. The van der Waals surface area contributed by atoms with E-state index in [2.05, 4.69) is 11.4 Å². The number of nitrogens with two attached hydrogens (primary N) is 1. The van der Waals surface area contributed by atoms with Gasteiger partial charge >= 0.3 is 0 Å². The van der Waals surface area contributed by atoms with Gasteiger partial charge in [-0.2, -0.15) is 0 Å². The van der Waals surface area contributed by atoms with Gasteiger partial charge in [0.1, 0.15) is 0 Å². The van der Waals surface area contributed by atoms with E-state index in [-0.39, 0.29) is 0 Å². The minimum Gasteiger partial charge on any atom is -0.397 e. The van der Waals surface area contributed by atoms with Gasteiger partial charge in [-0.05, 0) is 23.8 Å². The number of hydrogen-bond donors (Lipinski definition) is 1. The second-order valence-corrected chi connectivity index (χ2v) is 4.79. The lowest BCUT2D eigenvalue weighted by Crippen LogP contribution is -1.87. The normalized spacial score (nSPS) is 10.9. The molecular formula is C9H8ClNS2. The van der Waals surface area contributed by atoms with Crippen molar-refractivity contribution in [2.75, 3.05) is 12.0 Å². The van der Waals surface area contributed by atoms with E-state index in [0.717, 1.165) is 4.90 Å². The highest BCUT2D eigenvalue weighted by molar-refractivity contribution is 7.99. The third-order valence-electron chi connectivity index (χ3n) is 1.88. The van der Waals surface area contributed by atoms with Crippen molar-refractivity contribution in [1.29, 1.82) is 0 Å². The summed E-state index contributed by atoms with van der Waals surface area (Å²) in [7, 11) is 0. The minimum atomic E-state index is 0.668. The van der Waals surface area contributed by atoms with Gasteiger partial charge in [-0.3, -0.25) is 0 Å². The van der Waals surface area contributed by atoms with Gasteiger partial charge < -0.3 is 5.73 Å². The summed E-state index contributed by atoms with van der Waals surface area (Å²) in [5.41, 5.74) is 6.45. The SMILES string of the molecule is CSc1c(Cl)c(N)cc2sccc12. The Hall–Kier alpha value is -0.380. The topological polar surface area (TPSA) is 26.0 Å². The quantitative estimate of drug-likeness (QED) is 0.594. The zero-order valence-corrected chi connectivity index (χ0v) is 9.39. The third-order valence-corrected chi connectivity index (χ3v) is 4.10. The molecule has 0 bridgehead atoms. The zero-order valence-electron chi connectivity index (χ0n) is 7.00. The van der Waals surface area contributed by atoms with Crippen LogP contribution in [0.5, 0.6) is 0 Å². The van der Waals surface area contributed by atoms with E-state index in [1.807, 2.05) is 12.3 Å².